The van der Waals surface area contributed by atoms with Crippen LogP contribution < -0.4 is 0 Å². The second-order valence-corrected chi connectivity index (χ2v) is 4.78. The van der Waals surface area contributed by atoms with E-state index in [0.29, 0.717) is 18.8 Å². The number of carboxylic acid groups (broad SMARTS) is 2. The third-order valence-electron chi connectivity index (χ3n) is 3.30. The quantitative estimate of drug-likeness (QED) is 0.448. The van der Waals surface area contributed by atoms with Crippen molar-refractivity contribution in [3.8, 4) is 11.8 Å². The van der Waals surface area contributed by atoms with E-state index in [1.54, 1.807) is 0 Å². The Morgan fingerprint density at radius 3 is 2.28 bits per heavy atom. The van der Waals surface area contributed by atoms with Crippen LogP contribution in [0.2, 0.25) is 0 Å². The van der Waals surface area contributed by atoms with Gasteiger partial charge in [-0.25, -0.2) is 0 Å². The van der Waals surface area contributed by atoms with Gasteiger partial charge in [0.25, 0.3) is 0 Å². The van der Waals surface area contributed by atoms with E-state index in [1.807, 2.05) is 0 Å². The van der Waals surface area contributed by atoms with Crippen molar-refractivity contribution in [1.82, 2.24) is 0 Å². The zero-order valence-electron chi connectivity index (χ0n) is 10.5. The van der Waals surface area contributed by atoms with Crippen LogP contribution in [0.5, 0.6) is 0 Å². The van der Waals surface area contributed by atoms with Gasteiger partial charge in [0, 0.05) is 12.3 Å². The van der Waals surface area contributed by atoms with Gasteiger partial charge in [-0.3, -0.25) is 9.59 Å². The molecule has 0 aliphatic heterocycles. The Hall–Kier alpha value is -1.50. The highest BCUT2D eigenvalue weighted by Gasteiger charge is 2.24. The molecular weight excluding hydrogens is 232 g/mol. The fourth-order valence-corrected chi connectivity index (χ4v) is 2.21. The number of rotatable bonds is 5. The van der Waals surface area contributed by atoms with Crippen LogP contribution in [0.3, 0.4) is 0 Å². The lowest BCUT2D eigenvalue weighted by atomic mass is 9.90. The van der Waals surface area contributed by atoms with Crippen LogP contribution >= 0.6 is 0 Å². The fraction of sp³-hybridized carbons (Fsp3) is 0.714. The molecule has 1 saturated carbocycles. The summed E-state index contributed by atoms with van der Waals surface area (Å²) in [7, 11) is 0. The van der Waals surface area contributed by atoms with Crippen molar-refractivity contribution < 1.29 is 19.8 Å². The predicted octanol–water partition coefficient (Wildman–Crippen LogP) is 2.53. The lowest BCUT2D eigenvalue weighted by Gasteiger charge is -2.15. The van der Waals surface area contributed by atoms with Crippen LogP contribution in [0.15, 0.2) is 0 Å². The molecule has 0 amide bonds. The molecule has 0 unspecified atom stereocenters. The maximum atomic E-state index is 10.6. The molecule has 4 heteroatoms. The Bertz CT molecular complexity index is 331. The topological polar surface area (TPSA) is 74.6 Å². The first kappa shape index (κ1) is 14.6. The first-order valence-electron chi connectivity index (χ1n) is 6.55. The lowest BCUT2D eigenvalue weighted by molar-refractivity contribution is -0.154. The fourth-order valence-electron chi connectivity index (χ4n) is 2.21. The van der Waals surface area contributed by atoms with Crippen LogP contribution in [0.25, 0.3) is 0 Å². The summed E-state index contributed by atoms with van der Waals surface area (Å²) in [6.07, 6.45) is 7.41. The molecule has 0 aromatic heterocycles. The number of hydrogen-bond donors (Lipinski definition) is 2. The minimum Gasteiger partial charge on any atom is -0.481 e. The van der Waals surface area contributed by atoms with E-state index in [0.717, 1.165) is 0 Å². The summed E-state index contributed by atoms with van der Waals surface area (Å²) in [5.41, 5.74) is 0. The molecular formula is C14H20O4. The van der Waals surface area contributed by atoms with E-state index in [-0.39, 0.29) is 6.42 Å². The van der Waals surface area contributed by atoms with Crippen molar-refractivity contribution in [2.75, 3.05) is 0 Å². The van der Waals surface area contributed by atoms with Gasteiger partial charge in [0.05, 0.1) is 0 Å². The second kappa shape index (κ2) is 7.75. The van der Waals surface area contributed by atoms with Gasteiger partial charge >= 0.3 is 11.9 Å². The molecule has 2 N–H and O–H groups in total. The van der Waals surface area contributed by atoms with E-state index in [2.05, 4.69) is 11.8 Å². The molecule has 1 aliphatic carbocycles. The van der Waals surface area contributed by atoms with Crippen molar-refractivity contribution >= 4 is 11.9 Å². The largest absolute Gasteiger partial charge is 0.481 e. The van der Waals surface area contributed by atoms with Crippen LogP contribution in [0, 0.1) is 23.7 Å². The summed E-state index contributed by atoms with van der Waals surface area (Å²) in [5, 5.41) is 17.4. The number of carboxylic acids is 2. The van der Waals surface area contributed by atoms with E-state index < -0.39 is 17.9 Å². The molecule has 0 aromatic carbocycles. The molecule has 0 heterocycles. The van der Waals surface area contributed by atoms with Gasteiger partial charge in [0.1, 0.15) is 0 Å². The summed E-state index contributed by atoms with van der Waals surface area (Å²) >= 11 is 0. The van der Waals surface area contributed by atoms with Gasteiger partial charge in [0.15, 0.2) is 5.92 Å². The second-order valence-electron chi connectivity index (χ2n) is 4.78. The molecule has 1 fully saturated rings. The summed E-state index contributed by atoms with van der Waals surface area (Å²) in [5.74, 6) is 2.94. The summed E-state index contributed by atoms with van der Waals surface area (Å²) in [6.45, 7) is 0. The molecule has 0 spiro atoms. The number of carbonyl (C=O) groups is 2. The standard InChI is InChI=1S/C14H20O4/c15-13(16)12(14(17)18)10-6-2-5-9-11-7-3-1-4-8-11/h11-12H,1-4,6-8,10H2,(H,15,16)(H,17,18). The van der Waals surface area contributed by atoms with Crippen molar-refractivity contribution in [1.29, 1.82) is 0 Å². The van der Waals surface area contributed by atoms with Crippen molar-refractivity contribution in [2.24, 2.45) is 11.8 Å². The smallest absolute Gasteiger partial charge is 0.317 e. The molecule has 100 valence electrons. The van der Waals surface area contributed by atoms with E-state index >= 15 is 0 Å². The maximum Gasteiger partial charge on any atom is 0.317 e. The molecule has 0 radical (unpaired) electrons. The average molecular weight is 252 g/mol. The Labute approximate surface area is 107 Å². The summed E-state index contributed by atoms with van der Waals surface area (Å²) in [4.78, 5) is 21.3. The van der Waals surface area contributed by atoms with Crippen molar-refractivity contribution in [2.45, 2.75) is 51.4 Å². The number of aliphatic carboxylic acids is 2. The van der Waals surface area contributed by atoms with Crippen LogP contribution in [0.1, 0.15) is 51.4 Å². The molecule has 4 nitrogen and oxygen atoms in total. The van der Waals surface area contributed by atoms with Gasteiger partial charge in [0.2, 0.25) is 0 Å². The van der Waals surface area contributed by atoms with Crippen LogP contribution in [0.4, 0.5) is 0 Å². The molecule has 0 bridgehead atoms. The van der Waals surface area contributed by atoms with Gasteiger partial charge < -0.3 is 10.2 Å². The normalized spacial score (nSPS) is 16.1. The predicted molar refractivity (Wildman–Crippen MR) is 67.0 cm³/mol. The Morgan fingerprint density at radius 1 is 1.11 bits per heavy atom. The Kier molecular flexibility index (Phi) is 6.27. The van der Waals surface area contributed by atoms with Crippen molar-refractivity contribution in [3.05, 3.63) is 0 Å². The molecule has 18 heavy (non-hydrogen) atoms. The average Bonchev–Trinajstić information content (AvgIpc) is 2.34. The third-order valence-corrected chi connectivity index (χ3v) is 3.30. The number of hydrogen-bond acceptors (Lipinski definition) is 2. The number of unbranched alkanes of at least 4 members (excludes halogenated alkanes) is 1. The molecule has 0 atom stereocenters. The monoisotopic (exact) mass is 252 g/mol. The lowest BCUT2D eigenvalue weighted by Crippen LogP contribution is -2.23. The summed E-state index contributed by atoms with van der Waals surface area (Å²) < 4.78 is 0. The molecule has 0 aromatic rings. The molecule has 1 rings (SSSR count). The SMILES string of the molecule is O=C(O)C(CCCC#CC1CCCCC1)C(=O)O. The van der Waals surface area contributed by atoms with Gasteiger partial charge in [-0.2, -0.15) is 0 Å². The van der Waals surface area contributed by atoms with E-state index in [1.165, 1.54) is 32.1 Å². The minimum absolute atomic E-state index is 0.157. The van der Waals surface area contributed by atoms with Gasteiger partial charge in [-0.05, 0) is 25.7 Å². The first-order chi connectivity index (χ1) is 8.61. The molecule has 1 aliphatic rings. The Morgan fingerprint density at radius 2 is 1.72 bits per heavy atom. The summed E-state index contributed by atoms with van der Waals surface area (Å²) in [6, 6.07) is 0. The minimum atomic E-state index is -1.29. The van der Waals surface area contributed by atoms with E-state index in [4.69, 9.17) is 10.2 Å². The van der Waals surface area contributed by atoms with Gasteiger partial charge in [-0.1, -0.05) is 25.2 Å². The Balaban J connectivity index is 2.23. The highest BCUT2D eigenvalue weighted by Crippen LogP contribution is 2.22. The van der Waals surface area contributed by atoms with Crippen molar-refractivity contribution in [3.63, 3.8) is 0 Å². The van der Waals surface area contributed by atoms with Crippen LogP contribution in [-0.4, -0.2) is 22.2 Å². The zero-order chi connectivity index (χ0) is 13.4. The zero-order valence-corrected chi connectivity index (χ0v) is 10.5. The highest BCUT2D eigenvalue weighted by molar-refractivity contribution is 5.92. The van der Waals surface area contributed by atoms with Gasteiger partial charge in [-0.15, -0.1) is 5.92 Å². The third kappa shape index (κ3) is 5.22. The van der Waals surface area contributed by atoms with E-state index in [9.17, 15) is 9.59 Å². The maximum absolute atomic E-state index is 10.6. The molecule has 0 saturated heterocycles. The highest BCUT2D eigenvalue weighted by atomic mass is 16.4. The van der Waals surface area contributed by atoms with Crippen LogP contribution in [-0.2, 0) is 9.59 Å². The first-order valence-corrected chi connectivity index (χ1v) is 6.55.